The van der Waals surface area contributed by atoms with Crippen molar-refractivity contribution in [3.63, 3.8) is 0 Å². The molecule has 0 radical (unpaired) electrons. The van der Waals surface area contributed by atoms with Gasteiger partial charge in [0.2, 0.25) is 0 Å². The van der Waals surface area contributed by atoms with Crippen molar-refractivity contribution in [3.8, 4) is 0 Å². The molecule has 2 heterocycles. The van der Waals surface area contributed by atoms with Crippen LogP contribution in [0.3, 0.4) is 0 Å². The molecule has 0 aliphatic carbocycles. The molecule has 16 heavy (non-hydrogen) atoms. The highest BCUT2D eigenvalue weighted by Crippen LogP contribution is 2.09. The van der Waals surface area contributed by atoms with Gasteiger partial charge in [-0.2, -0.15) is 0 Å². The quantitative estimate of drug-likeness (QED) is 0.829. The first-order valence-electron chi connectivity index (χ1n) is 5.33. The lowest BCUT2D eigenvalue weighted by atomic mass is 10.1. The number of aryl methyl sites for hydroxylation is 1. The van der Waals surface area contributed by atoms with Gasteiger partial charge in [0.1, 0.15) is 5.76 Å². The van der Waals surface area contributed by atoms with Crippen LogP contribution in [0.1, 0.15) is 29.0 Å². The summed E-state index contributed by atoms with van der Waals surface area (Å²) in [6, 6.07) is 1.96. The van der Waals surface area contributed by atoms with E-state index in [1.54, 1.807) is 19.3 Å². The second-order valence-corrected chi connectivity index (χ2v) is 3.91. The van der Waals surface area contributed by atoms with Gasteiger partial charge in [0, 0.05) is 12.6 Å². The minimum atomic E-state index is -0.0325. The van der Waals surface area contributed by atoms with Gasteiger partial charge in [0.25, 0.3) is 5.91 Å². The highest BCUT2D eigenvalue weighted by atomic mass is 35.5. The number of carbonyl (C=O) groups is 1. The Hall–Kier alpha value is -1.00. The monoisotopic (exact) mass is 244 g/mol. The van der Waals surface area contributed by atoms with E-state index in [0.29, 0.717) is 11.3 Å². The average Bonchev–Trinajstić information content (AvgIpc) is 2.66. The fourth-order valence-electron chi connectivity index (χ4n) is 1.86. The van der Waals surface area contributed by atoms with E-state index in [0.717, 1.165) is 25.9 Å². The van der Waals surface area contributed by atoms with E-state index in [1.165, 1.54) is 0 Å². The SMILES string of the molecule is Cc1occc1C(=O)N[C@@H]1CCCNC1.Cl. The van der Waals surface area contributed by atoms with Gasteiger partial charge >= 0.3 is 0 Å². The molecule has 1 aliphatic heterocycles. The molecule has 90 valence electrons. The number of hydrogen-bond donors (Lipinski definition) is 2. The molecule has 2 N–H and O–H groups in total. The van der Waals surface area contributed by atoms with Crippen LogP contribution in [0.2, 0.25) is 0 Å². The molecule has 1 aromatic heterocycles. The van der Waals surface area contributed by atoms with Crippen molar-refractivity contribution in [2.24, 2.45) is 0 Å². The number of hydrogen-bond acceptors (Lipinski definition) is 3. The molecule has 0 bridgehead atoms. The lowest BCUT2D eigenvalue weighted by Gasteiger charge is -2.23. The molecule has 0 unspecified atom stereocenters. The fourth-order valence-corrected chi connectivity index (χ4v) is 1.86. The van der Waals surface area contributed by atoms with Crippen molar-refractivity contribution in [2.45, 2.75) is 25.8 Å². The zero-order chi connectivity index (χ0) is 10.7. The summed E-state index contributed by atoms with van der Waals surface area (Å²) in [6.45, 7) is 3.72. The molecule has 1 fully saturated rings. The van der Waals surface area contributed by atoms with E-state index in [1.807, 2.05) is 0 Å². The number of furan rings is 1. The van der Waals surface area contributed by atoms with Gasteiger partial charge in [0.05, 0.1) is 11.8 Å². The van der Waals surface area contributed by atoms with Gasteiger partial charge in [0.15, 0.2) is 0 Å². The fraction of sp³-hybridized carbons (Fsp3) is 0.545. The number of amides is 1. The van der Waals surface area contributed by atoms with Gasteiger partial charge in [-0.25, -0.2) is 0 Å². The Morgan fingerprint density at radius 2 is 2.44 bits per heavy atom. The molecule has 1 aliphatic rings. The Morgan fingerprint density at radius 1 is 1.62 bits per heavy atom. The van der Waals surface area contributed by atoms with Crippen molar-refractivity contribution >= 4 is 18.3 Å². The summed E-state index contributed by atoms with van der Waals surface area (Å²) in [6.07, 6.45) is 3.72. The first-order valence-corrected chi connectivity index (χ1v) is 5.33. The highest BCUT2D eigenvalue weighted by Gasteiger charge is 2.18. The van der Waals surface area contributed by atoms with Gasteiger partial charge in [-0.15, -0.1) is 12.4 Å². The zero-order valence-corrected chi connectivity index (χ0v) is 10.1. The second-order valence-electron chi connectivity index (χ2n) is 3.91. The molecule has 0 aromatic carbocycles. The largest absolute Gasteiger partial charge is 0.469 e. The third-order valence-corrected chi connectivity index (χ3v) is 2.74. The van der Waals surface area contributed by atoms with Crippen LogP contribution in [0.25, 0.3) is 0 Å². The van der Waals surface area contributed by atoms with Gasteiger partial charge in [-0.05, 0) is 32.4 Å². The Labute approximate surface area is 101 Å². The molecule has 1 amide bonds. The molecule has 2 rings (SSSR count). The van der Waals surface area contributed by atoms with Crippen LogP contribution in [-0.4, -0.2) is 25.0 Å². The summed E-state index contributed by atoms with van der Waals surface area (Å²) in [5, 5.41) is 6.26. The predicted molar refractivity (Wildman–Crippen MR) is 64.1 cm³/mol. The Kier molecular flexibility index (Phi) is 4.83. The first-order chi connectivity index (χ1) is 7.27. The maximum absolute atomic E-state index is 11.8. The standard InChI is InChI=1S/C11H16N2O2.ClH/c1-8-10(4-6-15-8)11(14)13-9-3-2-5-12-7-9;/h4,6,9,12H,2-3,5,7H2,1H3,(H,13,14);1H/t9-;/m1./s1. The van der Waals surface area contributed by atoms with Crippen LogP contribution in [-0.2, 0) is 0 Å². The molecular formula is C11H17ClN2O2. The summed E-state index contributed by atoms with van der Waals surface area (Å²) in [4.78, 5) is 11.8. The van der Waals surface area contributed by atoms with Crippen LogP contribution < -0.4 is 10.6 Å². The van der Waals surface area contributed by atoms with Crippen molar-refractivity contribution in [2.75, 3.05) is 13.1 Å². The van der Waals surface area contributed by atoms with Crippen LogP contribution in [0.4, 0.5) is 0 Å². The maximum Gasteiger partial charge on any atom is 0.255 e. The minimum Gasteiger partial charge on any atom is -0.469 e. The number of halogens is 1. The molecule has 1 saturated heterocycles. The Balaban J connectivity index is 0.00000128. The maximum atomic E-state index is 11.8. The van der Waals surface area contributed by atoms with Crippen molar-refractivity contribution < 1.29 is 9.21 Å². The smallest absolute Gasteiger partial charge is 0.255 e. The van der Waals surface area contributed by atoms with E-state index < -0.39 is 0 Å². The van der Waals surface area contributed by atoms with Crippen molar-refractivity contribution in [1.82, 2.24) is 10.6 Å². The van der Waals surface area contributed by atoms with Crippen LogP contribution in [0, 0.1) is 6.92 Å². The Morgan fingerprint density at radius 3 is 3.00 bits per heavy atom. The van der Waals surface area contributed by atoms with Crippen molar-refractivity contribution in [1.29, 1.82) is 0 Å². The third-order valence-electron chi connectivity index (χ3n) is 2.74. The third kappa shape index (κ3) is 3.00. The molecule has 1 aromatic rings. The van der Waals surface area contributed by atoms with Gasteiger partial charge < -0.3 is 15.1 Å². The van der Waals surface area contributed by atoms with Gasteiger partial charge in [-0.3, -0.25) is 4.79 Å². The number of nitrogens with one attached hydrogen (secondary N) is 2. The summed E-state index contributed by atoms with van der Waals surface area (Å²) in [5.74, 6) is 0.645. The van der Waals surface area contributed by atoms with Crippen LogP contribution in [0.5, 0.6) is 0 Å². The molecule has 1 atom stereocenters. The van der Waals surface area contributed by atoms with Crippen LogP contribution >= 0.6 is 12.4 Å². The summed E-state index contributed by atoms with van der Waals surface area (Å²) in [5.41, 5.74) is 0.639. The topological polar surface area (TPSA) is 54.3 Å². The lowest BCUT2D eigenvalue weighted by Crippen LogP contribution is -2.45. The number of rotatable bonds is 2. The summed E-state index contributed by atoms with van der Waals surface area (Å²) < 4.78 is 5.10. The van der Waals surface area contributed by atoms with Gasteiger partial charge in [-0.1, -0.05) is 0 Å². The molecule has 5 heteroatoms. The average molecular weight is 245 g/mol. The van der Waals surface area contributed by atoms with E-state index in [4.69, 9.17) is 4.42 Å². The molecule has 4 nitrogen and oxygen atoms in total. The lowest BCUT2D eigenvalue weighted by molar-refractivity contribution is 0.0929. The molecule has 0 saturated carbocycles. The highest BCUT2D eigenvalue weighted by molar-refractivity contribution is 5.95. The number of piperidine rings is 1. The van der Waals surface area contributed by atoms with E-state index in [-0.39, 0.29) is 24.4 Å². The number of carbonyl (C=O) groups excluding carboxylic acids is 1. The van der Waals surface area contributed by atoms with Crippen molar-refractivity contribution in [3.05, 3.63) is 23.7 Å². The minimum absolute atomic E-state index is 0. The van der Waals surface area contributed by atoms with Crippen LogP contribution in [0.15, 0.2) is 16.7 Å². The molecule has 0 spiro atoms. The molecular weight excluding hydrogens is 228 g/mol. The Bertz CT molecular complexity index is 346. The zero-order valence-electron chi connectivity index (χ0n) is 9.29. The first kappa shape index (κ1) is 13.1. The second kappa shape index (κ2) is 5.92. The van der Waals surface area contributed by atoms with E-state index in [2.05, 4.69) is 10.6 Å². The van der Waals surface area contributed by atoms with E-state index in [9.17, 15) is 4.79 Å². The van der Waals surface area contributed by atoms with E-state index >= 15 is 0 Å². The normalized spacial score (nSPS) is 19.9. The summed E-state index contributed by atoms with van der Waals surface area (Å²) >= 11 is 0. The summed E-state index contributed by atoms with van der Waals surface area (Å²) in [7, 11) is 0. The predicted octanol–water partition coefficient (Wildman–Crippen LogP) is 1.49.